The molecule has 0 aromatic heterocycles. The van der Waals surface area contributed by atoms with E-state index in [0.29, 0.717) is 20.7 Å². The van der Waals surface area contributed by atoms with Gasteiger partial charge < -0.3 is 5.32 Å². The predicted octanol–water partition coefficient (Wildman–Crippen LogP) is 4.79. The lowest BCUT2D eigenvalue weighted by atomic mass is 10.0. The Morgan fingerprint density at radius 2 is 1.95 bits per heavy atom. The second kappa shape index (κ2) is 6.58. The zero-order chi connectivity index (χ0) is 15.4. The molecule has 0 bridgehead atoms. The summed E-state index contributed by atoms with van der Waals surface area (Å²) in [6.45, 7) is 0. The zero-order valence-corrected chi connectivity index (χ0v) is 12.9. The molecule has 2 rings (SSSR count). The van der Waals surface area contributed by atoms with Crippen LogP contribution in [0.5, 0.6) is 0 Å². The summed E-state index contributed by atoms with van der Waals surface area (Å²) in [4.78, 5) is 0. The molecule has 104 valence electrons. The highest BCUT2D eigenvalue weighted by molar-refractivity contribution is 9.10. The average molecular weight is 365 g/mol. The highest BCUT2D eigenvalue weighted by atomic mass is 79.9. The van der Waals surface area contributed by atoms with Crippen molar-refractivity contribution < 1.29 is 4.39 Å². The number of anilines is 1. The minimum absolute atomic E-state index is 0.0909. The van der Waals surface area contributed by atoms with Crippen LogP contribution in [0, 0.1) is 28.5 Å². The van der Waals surface area contributed by atoms with Crippen LogP contribution < -0.4 is 5.32 Å². The summed E-state index contributed by atoms with van der Waals surface area (Å²) in [6, 6.07) is 12.3. The molecule has 1 atom stereocenters. The first-order chi connectivity index (χ1) is 10.0. The molecule has 0 heterocycles. The zero-order valence-electron chi connectivity index (χ0n) is 10.6. The number of rotatable bonds is 3. The molecule has 0 saturated carbocycles. The lowest BCUT2D eigenvalue weighted by molar-refractivity contribution is 0.623. The molecule has 21 heavy (non-hydrogen) atoms. The van der Waals surface area contributed by atoms with Crippen LogP contribution in [0.4, 0.5) is 10.1 Å². The summed E-state index contributed by atoms with van der Waals surface area (Å²) in [6.07, 6.45) is 0. The van der Waals surface area contributed by atoms with Crippen molar-refractivity contribution in [2.45, 2.75) is 6.04 Å². The van der Waals surface area contributed by atoms with E-state index in [1.807, 2.05) is 0 Å². The van der Waals surface area contributed by atoms with Gasteiger partial charge in [-0.15, -0.1) is 0 Å². The lowest BCUT2D eigenvalue weighted by Crippen LogP contribution is -2.09. The van der Waals surface area contributed by atoms with Crippen molar-refractivity contribution in [3.8, 4) is 12.1 Å². The van der Waals surface area contributed by atoms with Gasteiger partial charge in [-0.3, -0.25) is 0 Å². The van der Waals surface area contributed by atoms with E-state index in [4.69, 9.17) is 16.9 Å². The Balaban J connectivity index is 2.30. The standard InChI is InChI=1S/C15H8BrClFN3/c16-12-6-11(2-3-13(12)17)21-15(8-20)9-1-4-14(18)10(5-9)7-19/h1-6,15,21H. The Bertz CT molecular complexity index is 764. The molecule has 0 aliphatic carbocycles. The highest BCUT2D eigenvalue weighted by Gasteiger charge is 2.13. The van der Waals surface area contributed by atoms with E-state index in [9.17, 15) is 9.65 Å². The topological polar surface area (TPSA) is 59.6 Å². The van der Waals surface area contributed by atoms with Crippen molar-refractivity contribution in [1.82, 2.24) is 0 Å². The van der Waals surface area contributed by atoms with Gasteiger partial charge in [-0.2, -0.15) is 10.5 Å². The van der Waals surface area contributed by atoms with Crippen molar-refractivity contribution in [2.24, 2.45) is 0 Å². The second-order valence-corrected chi connectivity index (χ2v) is 5.45. The maximum Gasteiger partial charge on any atom is 0.140 e. The molecule has 0 spiro atoms. The first kappa shape index (κ1) is 15.3. The fourth-order valence-electron chi connectivity index (χ4n) is 1.75. The van der Waals surface area contributed by atoms with Gasteiger partial charge in [0.25, 0.3) is 0 Å². The Kier molecular flexibility index (Phi) is 4.80. The van der Waals surface area contributed by atoms with E-state index in [0.717, 1.165) is 0 Å². The van der Waals surface area contributed by atoms with Crippen LogP contribution in [0.2, 0.25) is 5.02 Å². The van der Waals surface area contributed by atoms with Gasteiger partial charge in [0.1, 0.15) is 17.9 Å². The second-order valence-electron chi connectivity index (χ2n) is 4.19. The van der Waals surface area contributed by atoms with Crippen molar-refractivity contribution in [3.05, 3.63) is 62.8 Å². The van der Waals surface area contributed by atoms with Crippen LogP contribution >= 0.6 is 27.5 Å². The van der Waals surface area contributed by atoms with Crippen LogP contribution in [-0.4, -0.2) is 0 Å². The number of nitrogens with one attached hydrogen (secondary N) is 1. The van der Waals surface area contributed by atoms with Gasteiger partial charge in [0, 0.05) is 10.2 Å². The van der Waals surface area contributed by atoms with Crippen LogP contribution in [-0.2, 0) is 0 Å². The maximum atomic E-state index is 13.3. The molecule has 3 nitrogen and oxygen atoms in total. The monoisotopic (exact) mass is 363 g/mol. The number of benzene rings is 2. The molecule has 0 amide bonds. The van der Waals surface area contributed by atoms with E-state index in [1.54, 1.807) is 24.3 Å². The van der Waals surface area contributed by atoms with Crippen molar-refractivity contribution in [1.29, 1.82) is 10.5 Å². The SMILES string of the molecule is N#Cc1cc(C(C#N)Nc2ccc(Cl)c(Br)c2)ccc1F. The van der Waals surface area contributed by atoms with Gasteiger partial charge in [-0.05, 0) is 51.8 Å². The molecule has 0 aliphatic heterocycles. The minimum atomic E-state index is -0.703. The lowest BCUT2D eigenvalue weighted by Gasteiger charge is -2.14. The van der Waals surface area contributed by atoms with Gasteiger partial charge in [-0.1, -0.05) is 17.7 Å². The predicted molar refractivity (Wildman–Crippen MR) is 82.2 cm³/mol. The number of nitrogens with zero attached hydrogens (tertiary/aromatic N) is 2. The van der Waals surface area contributed by atoms with Gasteiger partial charge in [0.2, 0.25) is 0 Å². The van der Waals surface area contributed by atoms with E-state index in [1.165, 1.54) is 18.2 Å². The molecule has 2 aromatic rings. The summed E-state index contributed by atoms with van der Waals surface area (Å²) in [5.41, 5.74) is 1.11. The van der Waals surface area contributed by atoms with Gasteiger partial charge >= 0.3 is 0 Å². The van der Waals surface area contributed by atoms with E-state index in [-0.39, 0.29) is 5.56 Å². The normalized spacial score (nSPS) is 11.3. The minimum Gasteiger partial charge on any atom is -0.366 e. The van der Waals surface area contributed by atoms with E-state index in [2.05, 4.69) is 27.3 Å². The number of hydrogen-bond acceptors (Lipinski definition) is 3. The Labute approximate surface area is 134 Å². The van der Waals surface area contributed by atoms with Gasteiger partial charge in [0.15, 0.2) is 0 Å². The largest absolute Gasteiger partial charge is 0.366 e. The highest BCUT2D eigenvalue weighted by Crippen LogP contribution is 2.28. The Morgan fingerprint density at radius 3 is 2.57 bits per heavy atom. The van der Waals surface area contributed by atoms with E-state index < -0.39 is 11.9 Å². The third-order valence-electron chi connectivity index (χ3n) is 2.80. The van der Waals surface area contributed by atoms with Crippen molar-refractivity contribution in [3.63, 3.8) is 0 Å². The molecule has 1 N–H and O–H groups in total. The van der Waals surface area contributed by atoms with Gasteiger partial charge in [-0.25, -0.2) is 4.39 Å². The smallest absolute Gasteiger partial charge is 0.140 e. The number of halogens is 3. The Hall–Kier alpha value is -2.08. The molecule has 6 heteroatoms. The quantitative estimate of drug-likeness (QED) is 0.852. The molecule has 0 radical (unpaired) electrons. The fraction of sp³-hybridized carbons (Fsp3) is 0.0667. The third kappa shape index (κ3) is 3.52. The summed E-state index contributed by atoms with van der Waals surface area (Å²) in [5.74, 6) is -0.604. The van der Waals surface area contributed by atoms with Crippen LogP contribution in [0.15, 0.2) is 40.9 Å². The van der Waals surface area contributed by atoms with Crippen LogP contribution in [0.1, 0.15) is 17.2 Å². The molecule has 1 unspecified atom stereocenters. The number of nitriles is 2. The summed E-state index contributed by atoms with van der Waals surface area (Å²) < 4.78 is 14.0. The molecule has 0 fully saturated rings. The van der Waals surface area contributed by atoms with Gasteiger partial charge in [0.05, 0.1) is 16.7 Å². The van der Waals surface area contributed by atoms with Crippen LogP contribution in [0.3, 0.4) is 0 Å². The molecule has 0 saturated heterocycles. The summed E-state index contributed by atoms with van der Waals surface area (Å²) in [7, 11) is 0. The molecule has 2 aromatic carbocycles. The van der Waals surface area contributed by atoms with E-state index >= 15 is 0 Å². The number of hydrogen-bond donors (Lipinski definition) is 1. The summed E-state index contributed by atoms with van der Waals surface area (Å²) >= 11 is 9.21. The van der Waals surface area contributed by atoms with Crippen LogP contribution in [0.25, 0.3) is 0 Å². The first-order valence-electron chi connectivity index (χ1n) is 5.86. The van der Waals surface area contributed by atoms with Crippen molar-refractivity contribution >= 4 is 33.2 Å². The average Bonchev–Trinajstić information content (AvgIpc) is 2.49. The first-order valence-corrected chi connectivity index (χ1v) is 7.03. The maximum absolute atomic E-state index is 13.3. The summed E-state index contributed by atoms with van der Waals surface area (Å²) in [5, 5.41) is 21.7. The fourth-order valence-corrected chi connectivity index (χ4v) is 2.25. The third-order valence-corrected chi connectivity index (χ3v) is 4.02. The molecular formula is C15H8BrClFN3. The molecule has 0 aliphatic rings. The van der Waals surface area contributed by atoms with Crippen molar-refractivity contribution in [2.75, 3.05) is 5.32 Å². The molecular weight excluding hydrogens is 357 g/mol. The Morgan fingerprint density at radius 1 is 1.19 bits per heavy atom.